The Balaban J connectivity index is 0.000000791. The van der Waals surface area contributed by atoms with Gasteiger partial charge in [0.2, 0.25) is 0 Å². The van der Waals surface area contributed by atoms with E-state index in [9.17, 15) is 52.7 Å². The molecule has 0 unspecified atom stereocenters. The summed E-state index contributed by atoms with van der Waals surface area (Å²) < 4.78 is 133. The number of aliphatic carboxylic acids is 4. The van der Waals surface area contributed by atoms with Gasteiger partial charge in [0.1, 0.15) is 0 Å². The first-order valence-corrected chi connectivity index (χ1v) is 14.2. The average molecular weight is 795 g/mol. The summed E-state index contributed by atoms with van der Waals surface area (Å²) in [6.45, 7) is 7.02. The topological polar surface area (TPSA) is 191 Å². The van der Waals surface area contributed by atoms with Crippen molar-refractivity contribution in [3.8, 4) is 0 Å². The van der Waals surface area contributed by atoms with Crippen LogP contribution in [0.15, 0.2) is 49.1 Å². The number of pyridine rings is 2. The molecule has 0 radical (unpaired) electrons. The number of hydrogen-bond donors (Lipinski definition) is 4. The summed E-state index contributed by atoms with van der Waals surface area (Å²) >= 11 is 0. The lowest BCUT2D eigenvalue weighted by atomic mass is 9.89. The third-order valence-electron chi connectivity index (χ3n) is 6.32. The quantitative estimate of drug-likeness (QED) is 0.307. The molecule has 300 valence electrons. The number of halogens is 12. The second kappa shape index (κ2) is 21.1. The van der Waals surface area contributed by atoms with Crippen LogP contribution in [0.1, 0.15) is 24.0 Å². The van der Waals surface area contributed by atoms with Crippen molar-refractivity contribution in [1.29, 1.82) is 0 Å². The maximum absolute atomic E-state index is 10.6. The Morgan fingerprint density at radius 2 is 0.925 bits per heavy atom. The van der Waals surface area contributed by atoms with Crippen molar-refractivity contribution in [2.75, 3.05) is 32.8 Å². The number of likely N-dealkylation sites (tertiary alicyclic amines) is 1. The van der Waals surface area contributed by atoms with E-state index in [1.54, 1.807) is 0 Å². The van der Waals surface area contributed by atoms with Gasteiger partial charge in [0.25, 0.3) is 0 Å². The zero-order chi connectivity index (χ0) is 41.3. The lowest BCUT2D eigenvalue weighted by Gasteiger charge is -2.47. The molecular formula is C28H30F12N4O9. The van der Waals surface area contributed by atoms with E-state index in [4.69, 9.17) is 44.3 Å². The van der Waals surface area contributed by atoms with Crippen LogP contribution in [0, 0.1) is 0 Å². The highest BCUT2D eigenvalue weighted by molar-refractivity contribution is 5.74. The van der Waals surface area contributed by atoms with Gasteiger partial charge in [-0.25, -0.2) is 19.2 Å². The Hall–Kier alpha value is -4.78. The first kappa shape index (κ1) is 48.2. The number of aromatic nitrogens is 2. The molecule has 0 saturated carbocycles. The number of hydrogen-bond acceptors (Lipinski definition) is 9. The zero-order valence-corrected chi connectivity index (χ0v) is 26.6. The molecule has 0 amide bonds. The maximum Gasteiger partial charge on any atom is 0.490 e. The summed E-state index contributed by atoms with van der Waals surface area (Å²) in [5.74, 6) is -11.0. The summed E-state index contributed by atoms with van der Waals surface area (Å²) in [6, 6.07) is 8.35. The van der Waals surface area contributed by atoms with Crippen LogP contribution in [0.2, 0.25) is 0 Å². The standard InChI is InChI=1S/C20H26N4O.4C2HF3O2/c1-3-18(13-21-7-1)15-23-9-5-20(6-10-23)17-24(11-12-25-20)16-19-4-2-8-22-14-19;4*3-2(4,5)1(6)7/h1-4,7-8,13-14H,5-6,9-12,15-17H2;4*(H,6,7). The highest BCUT2D eigenvalue weighted by atomic mass is 19.4. The van der Waals surface area contributed by atoms with Crippen molar-refractivity contribution < 1.29 is 97.0 Å². The number of piperidine rings is 1. The minimum Gasteiger partial charge on any atom is -0.475 e. The molecule has 0 bridgehead atoms. The molecule has 0 aliphatic carbocycles. The van der Waals surface area contributed by atoms with Crippen LogP contribution >= 0.6 is 0 Å². The van der Waals surface area contributed by atoms with E-state index in [1.807, 2.05) is 36.9 Å². The van der Waals surface area contributed by atoms with Gasteiger partial charge in [-0.15, -0.1) is 0 Å². The molecule has 13 nitrogen and oxygen atoms in total. The van der Waals surface area contributed by atoms with Gasteiger partial charge in [0, 0.05) is 64.1 Å². The summed E-state index contributed by atoms with van der Waals surface area (Å²) in [7, 11) is 0. The maximum atomic E-state index is 10.6. The van der Waals surface area contributed by atoms with Crippen molar-refractivity contribution in [3.63, 3.8) is 0 Å². The summed E-state index contributed by atoms with van der Waals surface area (Å²) in [5, 5.41) is 28.5. The Morgan fingerprint density at radius 3 is 1.21 bits per heavy atom. The van der Waals surface area contributed by atoms with Crippen molar-refractivity contribution in [3.05, 3.63) is 60.2 Å². The smallest absolute Gasteiger partial charge is 0.475 e. The third-order valence-corrected chi connectivity index (χ3v) is 6.32. The van der Waals surface area contributed by atoms with Gasteiger partial charge in [-0.3, -0.25) is 19.8 Å². The van der Waals surface area contributed by atoms with Crippen molar-refractivity contribution in [2.24, 2.45) is 0 Å². The van der Waals surface area contributed by atoms with E-state index in [0.717, 1.165) is 58.7 Å². The van der Waals surface area contributed by atoms with Gasteiger partial charge in [-0.1, -0.05) is 12.1 Å². The Kier molecular flexibility index (Phi) is 19.2. The molecule has 2 fully saturated rings. The van der Waals surface area contributed by atoms with Crippen LogP contribution in [-0.4, -0.2) is 127 Å². The fraction of sp³-hybridized carbons (Fsp3) is 0.500. The van der Waals surface area contributed by atoms with Gasteiger partial charge in [0.05, 0.1) is 12.2 Å². The summed E-state index contributed by atoms with van der Waals surface area (Å²) in [6.07, 6.45) is -10.5. The minimum atomic E-state index is -5.08. The van der Waals surface area contributed by atoms with Gasteiger partial charge < -0.3 is 25.2 Å². The fourth-order valence-corrected chi connectivity index (χ4v) is 3.98. The SMILES string of the molecule is O=C(O)C(F)(F)F.O=C(O)C(F)(F)F.O=C(O)C(F)(F)F.O=C(O)C(F)(F)F.c1cncc(CN2CCC3(CC2)CN(Cc2cccnc2)CCO3)c1. The van der Waals surface area contributed by atoms with Crippen LogP contribution in [0.4, 0.5) is 52.7 Å². The molecule has 0 aromatic carbocycles. The highest BCUT2D eigenvalue weighted by Crippen LogP contribution is 2.31. The molecule has 2 saturated heterocycles. The number of ether oxygens (including phenoxy) is 1. The molecule has 1 spiro atoms. The molecule has 4 N–H and O–H groups in total. The third kappa shape index (κ3) is 21.4. The van der Waals surface area contributed by atoms with Crippen molar-refractivity contribution >= 4 is 23.9 Å². The number of morpholine rings is 1. The number of carbonyl (C=O) groups is 4. The predicted octanol–water partition coefficient (Wildman–Crippen LogP) is 4.88. The molecule has 2 aliphatic rings. The molecular weight excluding hydrogens is 764 g/mol. The molecule has 4 rings (SSSR count). The van der Waals surface area contributed by atoms with Crippen LogP contribution in [-0.2, 0) is 37.0 Å². The van der Waals surface area contributed by atoms with E-state index < -0.39 is 48.6 Å². The van der Waals surface area contributed by atoms with Crippen LogP contribution < -0.4 is 0 Å². The molecule has 0 atom stereocenters. The fourth-order valence-electron chi connectivity index (χ4n) is 3.98. The van der Waals surface area contributed by atoms with Crippen molar-refractivity contribution in [2.45, 2.75) is 56.2 Å². The van der Waals surface area contributed by atoms with E-state index in [-0.39, 0.29) is 5.60 Å². The molecule has 2 aromatic heterocycles. The Morgan fingerprint density at radius 1 is 0.604 bits per heavy atom. The van der Waals surface area contributed by atoms with Crippen LogP contribution in [0.5, 0.6) is 0 Å². The monoisotopic (exact) mass is 794 g/mol. The largest absolute Gasteiger partial charge is 0.490 e. The average Bonchev–Trinajstić information content (AvgIpc) is 3.03. The Bertz CT molecular complexity index is 1320. The van der Waals surface area contributed by atoms with E-state index in [0.29, 0.717) is 0 Å². The molecule has 4 heterocycles. The van der Waals surface area contributed by atoms with Crippen LogP contribution in [0.3, 0.4) is 0 Å². The van der Waals surface area contributed by atoms with Gasteiger partial charge in [0.15, 0.2) is 0 Å². The second-order valence-electron chi connectivity index (χ2n) is 10.5. The van der Waals surface area contributed by atoms with Gasteiger partial charge in [-0.05, 0) is 36.1 Å². The summed E-state index contributed by atoms with van der Waals surface area (Å²) in [5.41, 5.74) is 2.61. The molecule has 25 heteroatoms. The lowest BCUT2D eigenvalue weighted by Crippen LogP contribution is -2.56. The normalized spacial score (nSPS) is 16.1. The minimum absolute atomic E-state index is 0.0336. The molecule has 53 heavy (non-hydrogen) atoms. The predicted molar refractivity (Wildman–Crippen MR) is 152 cm³/mol. The van der Waals surface area contributed by atoms with Crippen molar-refractivity contribution in [1.82, 2.24) is 19.8 Å². The number of nitrogens with zero attached hydrogens (tertiary/aromatic N) is 4. The molecule has 2 aliphatic heterocycles. The summed E-state index contributed by atoms with van der Waals surface area (Å²) in [4.78, 5) is 49.1. The Labute approximate surface area is 290 Å². The van der Waals surface area contributed by atoms with E-state index >= 15 is 0 Å². The van der Waals surface area contributed by atoms with E-state index in [1.165, 1.54) is 11.1 Å². The zero-order valence-electron chi connectivity index (χ0n) is 26.6. The highest BCUT2D eigenvalue weighted by Gasteiger charge is 2.41. The van der Waals surface area contributed by atoms with Gasteiger partial charge >= 0.3 is 48.6 Å². The van der Waals surface area contributed by atoms with Gasteiger partial charge in [-0.2, -0.15) is 52.7 Å². The number of alkyl halides is 12. The van der Waals surface area contributed by atoms with E-state index in [2.05, 4.69) is 31.9 Å². The number of rotatable bonds is 4. The lowest BCUT2D eigenvalue weighted by molar-refractivity contribution is -0.193. The second-order valence-corrected chi connectivity index (χ2v) is 10.5. The molecule has 2 aromatic rings. The first-order valence-electron chi connectivity index (χ1n) is 14.2. The number of carboxylic acids is 4. The first-order chi connectivity index (χ1) is 24.1. The number of carboxylic acid groups (broad SMARTS) is 4. The van der Waals surface area contributed by atoms with Crippen LogP contribution in [0.25, 0.3) is 0 Å².